The summed E-state index contributed by atoms with van der Waals surface area (Å²) in [5.74, 6) is 1.30. The van der Waals surface area contributed by atoms with Gasteiger partial charge in [-0.15, -0.1) is 0 Å². The molecule has 1 aromatic heterocycles. The Bertz CT molecular complexity index is 871. The van der Waals surface area contributed by atoms with Gasteiger partial charge in [0.2, 0.25) is 5.91 Å². The van der Waals surface area contributed by atoms with Crippen LogP contribution in [0.25, 0.3) is 0 Å². The van der Waals surface area contributed by atoms with Gasteiger partial charge in [0.25, 0.3) is 5.69 Å². The van der Waals surface area contributed by atoms with Crippen LogP contribution in [0.15, 0.2) is 36.5 Å². The highest BCUT2D eigenvalue weighted by molar-refractivity contribution is 6.35. The van der Waals surface area contributed by atoms with Crippen molar-refractivity contribution in [2.75, 3.05) is 37.7 Å². The molecule has 3 rings (SSSR count). The lowest BCUT2D eigenvalue weighted by Gasteiger charge is -2.35. The van der Waals surface area contributed by atoms with E-state index >= 15 is 0 Å². The molecule has 0 bridgehead atoms. The lowest BCUT2D eigenvalue weighted by atomic mass is 10.2. The molecule has 2 aromatic rings. The van der Waals surface area contributed by atoms with Crippen LogP contribution in [-0.4, -0.2) is 53.5 Å². The van der Waals surface area contributed by atoms with Crippen molar-refractivity contribution in [1.82, 2.24) is 9.88 Å². The van der Waals surface area contributed by atoms with Crippen LogP contribution >= 0.6 is 23.2 Å². The molecule has 1 fully saturated rings. The Balaban J connectivity index is 1.40. The number of rotatable bonds is 7. The van der Waals surface area contributed by atoms with Gasteiger partial charge >= 0.3 is 0 Å². The van der Waals surface area contributed by atoms with Crippen LogP contribution < -0.4 is 9.64 Å². The van der Waals surface area contributed by atoms with Gasteiger partial charge in [-0.3, -0.25) is 14.9 Å². The molecule has 1 aromatic carbocycles. The molecule has 1 aliphatic rings. The zero-order valence-electron chi connectivity index (χ0n) is 15.6. The van der Waals surface area contributed by atoms with E-state index in [1.54, 1.807) is 24.3 Å². The number of carbonyl (C=O) groups is 1. The third-order valence-electron chi connectivity index (χ3n) is 4.59. The minimum atomic E-state index is -0.474. The number of pyridine rings is 1. The zero-order chi connectivity index (χ0) is 20.8. The molecule has 1 aliphatic heterocycles. The molecular weight excluding hydrogens is 419 g/mol. The smallest absolute Gasteiger partial charge is 0.287 e. The number of amides is 1. The van der Waals surface area contributed by atoms with E-state index in [0.29, 0.717) is 67.2 Å². The molecule has 10 heteroatoms. The maximum atomic E-state index is 12.4. The van der Waals surface area contributed by atoms with Gasteiger partial charge in [0.15, 0.2) is 0 Å². The Morgan fingerprint density at radius 3 is 2.55 bits per heavy atom. The first-order chi connectivity index (χ1) is 13.9. The van der Waals surface area contributed by atoms with Crippen LogP contribution in [-0.2, 0) is 4.79 Å². The predicted octanol–water partition coefficient (Wildman–Crippen LogP) is 3.80. The normalized spacial score (nSPS) is 14.0. The van der Waals surface area contributed by atoms with E-state index in [0.717, 1.165) is 0 Å². The van der Waals surface area contributed by atoms with E-state index in [9.17, 15) is 14.9 Å². The zero-order valence-corrected chi connectivity index (χ0v) is 17.1. The van der Waals surface area contributed by atoms with Crippen molar-refractivity contribution in [2.45, 2.75) is 12.8 Å². The Morgan fingerprint density at radius 1 is 1.17 bits per heavy atom. The topological polar surface area (TPSA) is 88.8 Å². The van der Waals surface area contributed by atoms with Crippen molar-refractivity contribution >= 4 is 40.6 Å². The molecule has 29 heavy (non-hydrogen) atoms. The molecule has 0 aliphatic carbocycles. The van der Waals surface area contributed by atoms with E-state index in [1.807, 2.05) is 9.80 Å². The number of nitrogens with zero attached hydrogens (tertiary/aromatic N) is 4. The summed E-state index contributed by atoms with van der Waals surface area (Å²) in [6.45, 7) is 2.82. The molecule has 0 spiro atoms. The van der Waals surface area contributed by atoms with Crippen LogP contribution in [0, 0.1) is 10.1 Å². The Labute approximate surface area is 178 Å². The number of carbonyl (C=O) groups excluding carboxylic acids is 1. The lowest BCUT2D eigenvalue weighted by molar-refractivity contribution is -0.385. The van der Waals surface area contributed by atoms with Crippen LogP contribution in [0.2, 0.25) is 10.0 Å². The summed E-state index contributed by atoms with van der Waals surface area (Å²) in [4.78, 5) is 30.6. The Morgan fingerprint density at radius 2 is 1.93 bits per heavy atom. The van der Waals surface area contributed by atoms with E-state index in [1.165, 1.54) is 12.3 Å². The van der Waals surface area contributed by atoms with E-state index in [4.69, 9.17) is 27.9 Å². The molecule has 0 N–H and O–H groups in total. The molecule has 8 nitrogen and oxygen atoms in total. The van der Waals surface area contributed by atoms with Crippen molar-refractivity contribution in [3.63, 3.8) is 0 Å². The first-order valence-electron chi connectivity index (χ1n) is 9.15. The number of nitro groups is 1. The van der Waals surface area contributed by atoms with Gasteiger partial charge in [0.1, 0.15) is 17.8 Å². The summed E-state index contributed by atoms with van der Waals surface area (Å²) < 4.78 is 5.61. The minimum Gasteiger partial charge on any atom is -0.492 e. The average Bonchev–Trinajstić information content (AvgIpc) is 2.72. The molecule has 0 atom stereocenters. The van der Waals surface area contributed by atoms with Crippen molar-refractivity contribution in [1.29, 1.82) is 0 Å². The van der Waals surface area contributed by atoms with Crippen molar-refractivity contribution in [2.24, 2.45) is 0 Å². The standard InChI is InChI=1S/C19H20Cl2N4O4/c20-14-3-5-17(16(21)12-14)29-11-1-2-19(26)24-9-7-23(8-10-24)18-6-4-15(13-22-18)25(27)28/h3-6,12-13H,1-2,7-11H2. The number of hydrogen-bond donors (Lipinski definition) is 0. The average molecular weight is 439 g/mol. The highest BCUT2D eigenvalue weighted by atomic mass is 35.5. The van der Waals surface area contributed by atoms with E-state index in [-0.39, 0.29) is 11.6 Å². The monoisotopic (exact) mass is 438 g/mol. The predicted molar refractivity (Wildman–Crippen MR) is 111 cm³/mol. The third-order valence-corrected chi connectivity index (χ3v) is 5.12. The molecule has 0 radical (unpaired) electrons. The summed E-state index contributed by atoms with van der Waals surface area (Å²) in [6, 6.07) is 8.09. The number of hydrogen-bond acceptors (Lipinski definition) is 6. The van der Waals surface area contributed by atoms with Crippen molar-refractivity contribution < 1.29 is 14.5 Å². The Hall–Kier alpha value is -2.58. The van der Waals surface area contributed by atoms with Crippen molar-refractivity contribution in [3.05, 3.63) is 56.7 Å². The number of ether oxygens (including phenoxy) is 1. The van der Waals surface area contributed by atoms with E-state index in [2.05, 4.69) is 4.98 Å². The summed E-state index contributed by atoms with van der Waals surface area (Å²) in [7, 11) is 0. The van der Waals surface area contributed by atoms with Gasteiger partial charge in [0.05, 0.1) is 16.6 Å². The molecule has 0 unspecified atom stereocenters. The number of benzene rings is 1. The lowest BCUT2D eigenvalue weighted by Crippen LogP contribution is -2.49. The third kappa shape index (κ3) is 5.71. The minimum absolute atomic E-state index is 0.0373. The van der Waals surface area contributed by atoms with Crippen LogP contribution in [0.5, 0.6) is 5.75 Å². The number of aromatic nitrogens is 1. The summed E-state index contributed by atoms with van der Waals surface area (Å²) in [6.07, 6.45) is 2.22. The largest absolute Gasteiger partial charge is 0.492 e. The molecule has 2 heterocycles. The number of halogens is 2. The molecule has 1 saturated heterocycles. The molecule has 0 saturated carbocycles. The fourth-order valence-corrected chi connectivity index (χ4v) is 3.48. The van der Waals surface area contributed by atoms with Gasteiger partial charge in [0, 0.05) is 43.7 Å². The molecule has 1 amide bonds. The molecule has 154 valence electrons. The molecular formula is C19H20Cl2N4O4. The fourth-order valence-electron chi connectivity index (χ4n) is 3.01. The quantitative estimate of drug-likeness (QED) is 0.371. The highest BCUT2D eigenvalue weighted by Crippen LogP contribution is 2.27. The van der Waals surface area contributed by atoms with Crippen LogP contribution in [0.1, 0.15) is 12.8 Å². The summed E-state index contributed by atoms with van der Waals surface area (Å²) >= 11 is 11.9. The second-order valence-electron chi connectivity index (χ2n) is 6.53. The first kappa shape index (κ1) is 21.1. The summed E-state index contributed by atoms with van der Waals surface area (Å²) in [5.41, 5.74) is -0.0373. The van der Waals surface area contributed by atoms with Gasteiger partial charge in [-0.05, 0) is 30.7 Å². The number of anilines is 1. The number of piperazine rings is 1. The second-order valence-corrected chi connectivity index (χ2v) is 7.37. The fraction of sp³-hybridized carbons (Fsp3) is 0.368. The van der Waals surface area contributed by atoms with Gasteiger partial charge in [-0.2, -0.15) is 0 Å². The maximum absolute atomic E-state index is 12.4. The first-order valence-corrected chi connectivity index (χ1v) is 9.90. The Kier molecular flexibility index (Phi) is 7.11. The maximum Gasteiger partial charge on any atom is 0.287 e. The van der Waals surface area contributed by atoms with Gasteiger partial charge < -0.3 is 14.5 Å². The summed E-state index contributed by atoms with van der Waals surface area (Å²) in [5, 5.41) is 11.7. The van der Waals surface area contributed by atoms with Crippen molar-refractivity contribution in [3.8, 4) is 5.75 Å². The van der Waals surface area contributed by atoms with Gasteiger partial charge in [-0.25, -0.2) is 4.98 Å². The highest BCUT2D eigenvalue weighted by Gasteiger charge is 2.22. The van der Waals surface area contributed by atoms with E-state index < -0.39 is 4.92 Å². The SMILES string of the molecule is O=C(CCCOc1ccc(Cl)cc1Cl)N1CCN(c2ccc([N+](=O)[O-])cn2)CC1. The van der Waals surface area contributed by atoms with Crippen LogP contribution in [0.4, 0.5) is 11.5 Å². The second kappa shape index (κ2) is 9.76. The van der Waals surface area contributed by atoms with Crippen LogP contribution in [0.3, 0.4) is 0 Å². The van der Waals surface area contributed by atoms with Gasteiger partial charge in [-0.1, -0.05) is 23.2 Å².